The molecule has 1 aromatic carbocycles. The maximum Gasteiger partial charge on any atom is 0.418 e. The number of urea groups is 1. The first-order valence-corrected chi connectivity index (χ1v) is 7.11. The number of amides is 2. The van der Waals surface area contributed by atoms with Crippen LogP contribution in [0.1, 0.15) is 31.2 Å². The highest BCUT2D eigenvalue weighted by Gasteiger charge is 2.37. The Morgan fingerprint density at radius 2 is 1.91 bits per heavy atom. The summed E-state index contributed by atoms with van der Waals surface area (Å²) in [6.07, 6.45) is -1.07. The first kappa shape index (κ1) is 16.6. The summed E-state index contributed by atoms with van der Waals surface area (Å²) >= 11 is 0. The molecule has 0 atom stereocenters. The highest BCUT2D eigenvalue weighted by atomic mass is 19.4. The van der Waals surface area contributed by atoms with Gasteiger partial charge in [0.05, 0.1) is 23.4 Å². The summed E-state index contributed by atoms with van der Waals surface area (Å²) in [7, 11) is 1.54. The van der Waals surface area contributed by atoms with Gasteiger partial charge in [-0.3, -0.25) is 0 Å². The molecule has 22 heavy (non-hydrogen) atoms. The van der Waals surface area contributed by atoms with Gasteiger partial charge in [0.1, 0.15) is 0 Å². The van der Waals surface area contributed by atoms with Gasteiger partial charge >= 0.3 is 12.2 Å². The zero-order valence-corrected chi connectivity index (χ0v) is 12.3. The SMILES string of the molecule is COCC1(NC(=O)Nc2ccccc2C(F)(F)F)CCCC1. The second-order valence-corrected chi connectivity index (χ2v) is 5.54. The number of methoxy groups -OCH3 is 1. The minimum absolute atomic E-state index is 0.252. The van der Waals surface area contributed by atoms with Crippen LogP contribution in [0.15, 0.2) is 24.3 Å². The van der Waals surface area contributed by atoms with Crippen molar-refractivity contribution in [1.82, 2.24) is 5.32 Å². The highest BCUT2D eigenvalue weighted by Crippen LogP contribution is 2.35. The van der Waals surface area contributed by atoms with Crippen LogP contribution in [-0.2, 0) is 10.9 Å². The summed E-state index contributed by atoms with van der Waals surface area (Å²) in [5, 5.41) is 5.08. The van der Waals surface area contributed by atoms with Crippen molar-refractivity contribution in [3.05, 3.63) is 29.8 Å². The summed E-state index contributed by atoms with van der Waals surface area (Å²) in [4.78, 5) is 12.1. The zero-order valence-electron chi connectivity index (χ0n) is 12.3. The number of nitrogens with one attached hydrogen (secondary N) is 2. The number of ether oxygens (including phenoxy) is 1. The molecule has 0 bridgehead atoms. The standard InChI is InChI=1S/C15H19F3N2O2/c1-22-10-14(8-4-5-9-14)20-13(21)19-12-7-3-2-6-11(12)15(16,17)18/h2-3,6-7H,4-5,8-10H2,1H3,(H2,19,20,21). The quantitative estimate of drug-likeness (QED) is 0.888. The van der Waals surface area contributed by atoms with Gasteiger partial charge in [0, 0.05) is 7.11 Å². The molecule has 4 nitrogen and oxygen atoms in total. The molecule has 0 radical (unpaired) electrons. The Labute approximate surface area is 127 Å². The number of hydrogen-bond donors (Lipinski definition) is 2. The van der Waals surface area contributed by atoms with Crippen LogP contribution in [0.25, 0.3) is 0 Å². The van der Waals surface area contributed by atoms with E-state index in [0.717, 1.165) is 31.7 Å². The first-order valence-electron chi connectivity index (χ1n) is 7.11. The van der Waals surface area contributed by atoms with Crippen LogP contribution in [0, 0.1) is 0 Å². The third kappa shape index (κ3) is 3.91. The molecule has 2 N–H and O–H groups in total. The molecule has 2 rings (SSSR count). The molecule has 122 valence electrons. The molecule has 0 unspecified atom stereocenters. The van der Waals surface area contributed by atoms with Gasteiger partial charge in [0.2, 0.25) is 0 Å². The van der Waals surface area contributed by atoms with Crippen molar-refractivity contribution in [2.45, 2.75) is 37.4 Å². The van der Waals surface area contributed by atoms with E-state index in [2.05, 4.69) is 10.6 Å². The first-order chi connectivity index (χ1) is 10.4. The van der Waals surface area contributed by atoms with Crippen molar-refractivity contribution in [3.8, 4) is 0 Å². The lowest BCUT2D eigenvalue weighted by Gasteiger charge is -2.29. The average Bonchev–Trinajstić information content (AvgIpc) is 2.86. The van der Waals surface area contributed by atoms with Gasteiger partial charge in [-0.25, -0.2) is 4.79 Å². The number of rotatable bonds is 4. The van der Waals surface area contributed by atoms with E-state index in [1.807, 2.05) is 0 Å². The van der Waals surface area contributed by atoms with Crippen molar-refractivity contribution in [2.24, 2.45) is 0 Å². The summed E-state index contributed by atoms with van der Waals surface area (Å²) in [5.41, 5.74) is -1.61. The van der Waals surface area contributed by atoms with Crippen molar-refractivity contribution in [2.75, 3.05) is 19.0 Å². The molecule has 2 amide bonds. The minimum atomic E-state index is -4.51. The van der Waals surface area contributed by atoms with E-state index in [1.165, 1.54) is 18.2 Å². The molecule has 0 aromatic heterocycles. The molecule has 1 aromatic rings. The van der Waals surface area contributed by atoms with Crippen molar-refractivity contribution < 1.29 is 22.7 Å². The number of carbonyl (C=O) groups excluding carboxylic acids is 1. The molecule has 0 saturated heterocycles. The van der Waals surface area contributed by atoms with Crippen LogP contribution in [0.3, 0.4) is 0 Å². The second kappa shape index (κ2) is 6.56. The molecule has 1 fully saturated rings. The monoisotopic (exact) mass is 316 g/mol. The second-order valence-electron chi connectivity index (χ2n) is 5.54. The summed E-state index contributed by atoms with van der Waals surface area (Å²) in [6, 6.07) is 4.27. The van der Waals surface area contributed by atoms with E-state index in [9.17, 15) is 18.0 Å². The lowest BCUT2D eigenvalue weighted by molar-refractivity contribution is -0.136. The van der Waals surface area contributed by atoms with Crippen molar-refractivity contribution in [1.29, 1.82) is 0 Å². The maximum absolute atomic E-state index is 12.9. The fourth-order valence-corrected chi connectivity index (χ4v) is 2.87. The van der Waals surface area contributed by atoms with Crippen LogP contribution < -0.4 is 10.6 Å². The molecule has 0 heterocycles. The van der Waals surface area contributed by atoms with Crippen molar-refractivity contribution >= 4 is 11.7 Å². The predicted octanol–water partition coefficient (Wildman–Crippen LogP) is 3.79. The van der Waals surface area contributed by atoms with E-state index in [-0.39, 0.29) is 5.69 Å². The van der Waals surface area contributed by atoms with E-state index in [4.69, 9.17) is 4.74 Å². The van der Waals surface area contributed by atoms with Gasteiger partial charge in [0.15, 0.2) is 0 Å². The minimum Gasteiger partial charge on any atom is -0.382 e. The van der Waals surface area contributed by atoms with Crippen LogP contribution in [0.5, 0.6) is 0 Å². The molecule has 0 spiro atoms. The van der Waals surface area contributed by atoms with Gasteiger partial charge in [0.25, 0.3) is 0 Å². The van der Waals surface area contributed by atoms with Gasteiger partial charge in [-0.1, -0.05) is 25.0 Å². The Morgan fingerprint density at radius 1 is 1.27 bits per heavy atom. The van der Waals surface area contributed by atoms with E-state index in [0.29, 0.717) is 6.61 Å². The smallest absolute Gasteiger partial charge is 0.382 e. The predicted molar refractivity (Wildman–Crippen MR) is 76.7 cm³/mol. The van der Waals surface area contributed by atoms with Crippen molar-refractivity contribution in [3.63, 3.8) is 0 Å². The molecule has 1 saturated carbocycles. The zero-order chi connectivity index (χ0) is 16.2. The summed E-state index contributed by atoms with van der Waals surface area (Å²) in [5.74, 6) is 0. The molecule has 1 aliphatic rings. The Balaban J connectivity index is 2.09. The molecular weight excluding hydrogens is 297 g/mol. The number of alkyl halides is 3. The Hall–Kier alpha value is -1.76. The Kier molecular flexibility index (Phi) is 4.95. The average molecular weight is 316 g/mol. The summed E-state index contributed by atoms with van der Waals surface area (Å²) < 4.78 is 43.9. The molecular formula is C15H19F3N2O2. The van der Waals surface area contributed by atoms with Crippen LogP contribution in [0.2, 0.25) is 0 Å². The van der Waals surface area contributed by atoms with Crippen LogP contribution in [-0.4, -0.2) is 25.3 Å². The molecule has 1 aliphatic carbocycles. The number of anilines is 1. The number of benzene rings is 1. The van der Waals surface area contributed by atoms with E-state index < -0.39 is 23.3 Å². The van der Waals surface area contributed by atoms with Gasteiger partial charge in [-0.15, -0.1) is 0 Å². The fraction of sp³-hybridized carbons (Fsp3) is 0.533. The van der Waals surface area contributed by atoms with E-state index >= 15 is 0 Å². The van der Waals surface area contributed by atoms with Crippen LogP contribution in [0.4, 0.5) is 23.7 Å². The topological polar surface area (TPSA) is 50.4 Å². The Bertz CT molecular complexity index is 526. The molecule has 7 heteroatoms. The van der Waals surface area contributed by atoms with Crippen LogP contribution >= 0.6 is 0 Å². The van der Waals surface area contributed by atoms with Gasteiger partial charge < -0.3 is 15.4 Å². The number of para-hydroxylation sites is 1. The van der Waals surface area contributed by atoms with E-state index in [1.54, 1.807) is 7.11 Å². The number of carbonyl (C=O) groups is 1. The highest BCUT2D eigenvalue weighted by molar-refractivity contribution is 5.90. The van der Waals surface area contributed by atoms with Gasteiger partial charge in [-0.05, 0) is 25.0 Å². The lowest BCUT2D eigenvalue weighted by Crippen LogP contribution is -2.51. The lowest BCUT2D eigenvalue weighted by atomic mass is 9.99. The largest absolute Gasteiger partial charge is 0.418 e. The Morgan fingerprint density at radius 3 is 2.50 bits per heavy atom. The number of hydrogen-bond acceptors (Lipinski definition) is 2. The van der Waals surface area contributed by atoms with Gasteiger partial charge in [-0.2, -0.15) is 13.2 Å². The fourth-order valence-electron chi connectivity index (χ4n) is 2.87. The third-order valence-corrected chi connectivity index (χ3v) is 3.84. The normalized spacial score (nSPS) is 17.3. The molecule has 0 aliphatic heterocycles. The third-order valence-electron chi connectivity index (χ3n) is 3.84. The maximum atomic E-state index is 12.9. The summed E-state index contributed by atoms with van der Waals surface area (Å²) in [6.45, 7) is 0.349. The number of halogens is 3.